The quantitative estimate of drug-likeness (QED) is 0.569. The number of nitrogens with zero attached hydrogens (tertiary/aromatic N) is 1. The van der Waals surface area contributed by atoms with Gasteiger partial charge in [-0.3, -0.25) is 9.59 Å². The maximum absolute atomic E-state index is 13.3. The lowest BCUT2D eigenvalue weighted by atomic mass is 10.0. The molecular weight excluding hydrogens is 416 g/mol. The van der Waals surface area contributed by atoms with Crippen molar-refractivity contribution in [3.05, 3.63) is 59.7 Å². The van der Waals surface area contributed by atoms with Gasteiger partial charge in [0.05, 0.1) is 7.11 Å². The molecule has 1 aliphatic rings. The zero-order chi connectivity index (χ0) is 23.8. The first-order valence-corrected chi connectivity index (χ1v) is 11.8. The lowest BCUT2D eigenvalue weighted by molar-refractivity contribution is -0.142. The molecule has 178 valence electrons. The van der Waals surface area contributed by atoms with Crippen LogP contribution in [0, 0.1) is 0 Å². The Balaban J connectivity index is 1.76. The molecule has 0 aromatic heterocycles. The Bertz CT molecular complexity index is 937. The van der Waals surface area contributed by atoms with Gasteiger partial charge in [-0.2, -0.15) is 0 Å². The van der Waals surface area contributed by atoms with Crippen LogP contribution in [-0.2, 0) is 16.1 Å². The minimum absolute atomic E-state index is 0.124. The monoisotopic (exact) mass is 452 g/mol. The van der Waals surface area contributed by atoms with E-state index in [0.717, 1.165) is 36.8 Å². The number of hydrogen-bond acceptors (Lipinski definition) is 4. The molecule has 6 heteroatoms. The van der Waals surface area contributed by atoms with E-state index in [-0.39, 0.29) is 30.4 Å². The highest BCUT2D eigenvalue weighted by atomic mass is 16.5. The largest absolute Gasteiger partial charge is 0.497 e. The van der Waals surface area contributed by atoms with E-state index in [1.165, 1.54) is 0 Å². The van der Waals surface area contributed by atoms with Crippen LogP contribution >= 0.6 is 0 Å². The van der Waals surface area contributed by atoms with Gasteiger partial charge < -0.3 is 19.7 Å². The molecule has 2 aromatic rings. The minimum atomic E-state index is -0.617. The van der Waals surface area contributed by atoms with Gasteiger partial charge in [0.1, 0.15) is 17.5 Å². The Kier molecular flexibility index (Phi) is 8.75. The number of nitrogens with one attached hydrogen (secondary N) is 1. The highest BCUT2D eigenvalue weighted by Crippen LogP contribution is 2.26. The van der Waals surface area contributed by atoms with Crippen LogP contribution in [0.25, 0.3) is 0 Å². The Morgan fingerprint density at radius 2 is 1.79 bits per heavy atom. The Morgan fingerprint density at radius 3 is 2.48 bits per heavy atom. The second-order valence-corrected chi connectivity index (χ2v) is 9.02. The van der Waals surface area contributed by atoms with Crippen molar-refractivity contribution in [3.8, 4) is 11.5 Å². The molecule has 1 saturated carbocycles. The molecule has 2 aromatic carbocycles. The summed E-state index contributed by atoms with van der Waals surface area (Å²) in [6.07, 6.45) is 4.26. The SMILES string of the molecule is COc1cccc(CN(C(=O)COc2ccccc2C(C)C)[C@H](C)C(=O)NC2CCCC2)c1. The number of carbonyl (C=O) groups is 2. The highest BCUT2D eigenvalue weighted by Gasteiger charge is 2.29. The van der Waals surface area contributed by atoms with E-state index in [9.17, 15) is 9.59 Å². The standard InChI is InChI=1S/C27H36N2O4/c1-19(2)24-14-7-8-15-25(24)33-18-26(30)29(17-21-10-9-13-23(16-21)32-4)20(3)27(31)28-22-11-5-6-12-22/h7-10,13-16,19-20,22H,5-6,11-12,17-18H2,1-4H3,(H,28,31)/t20-/m1/s1. The number of benzene rings is 2. The lowest BCUT2D eigenvalue weighted by Gasteiger charge is -2.30. The normalized spacial score (nSPS) is 14.7. The molecule has 6 nitrogen and oxygen atoms in total. The molecule has 0 radical (unpaired) electrons. The first-order valence-electron chi connectivity index (χ1n) is 11.8. The smallest absolute Gasteiger partial charge is 0.261 e. The zero-order valence-electron chi connectivity index (χ0n) is 20.2. The van der Waals surface area contributed by atoms with E-state index < -0.39 is 6.04 Å². The van der Waals surface area contributed by atoms with Gasteiger partial charge in [0, 0.05) is 12.6 Å². The molecule has 0 saturated heterocycles. The number of amides is 2. The van der Waals surface area contributed by atoms with Gasteiger partial charge >= 0.3 is 0 Å². The number of rotatable bonds is 10. The number of para-hydroxylation sites is 1. The van der Waals surface area contributed by atoms with Crippen molar-refractivity contribution in [1.82, 2.24) is 10.2 Å². The number of hydrogen-bond donors (Lipinski definition) is 1. The van der Waals surface area contributed by atoms with Crippen molar-refractivity contribution < 1.29 is 19.1 Å². The van der Waals surface area contributed by atoms with Gasteiger partial charge in [0.15, 0.2) is 6.61 Å². The topological polar surface area (TPSA) is 67.9 Å². The van der Waals surface area contributed by atoms with Gasteiger partial charge in [-0.1, -0.05) is 57.0 Å². The Labute approximate surface area is 197 Å². The molecular formula is C27H36N2O4. The van der Waals surface area contributed by atoms with E-state index >= 15 is 0 Å². The predicted octanol–water partition coefficient (Wildman–Crippen LogP) is 4.67. The van der Waals surface area contributed by atoms with E-state index in [1.54, 1.807) is 18.9 Å². The van der Waals surface area contributed by atoms with Gasteiger partial charge in [-0.05, 0) is 55.0 Å². The van der Waals surface area contributed by atoms with E-state index in [2.05, 4.69) is 19.2 Å². The lowest BCUT2D eigenvalue weighted by Crippen LogP contribution is -2.50. The van der Waals surface area contributed by atoms with Crippen LogP contribution in [0.5, 0.6) is 11.5 Å². The molecule has 0 heterocycles. The molecule has 0 spiro atoms. The van der Waals surface area contributed by atoms with Crippen LogP contribution in [0.1, 0.15) is 63.5 Å². The van der Waals surface area contributed by atoms with Crippen molar-refractivity contribution in [2.45, 2.75) is 71.0 Å². The molecule has 0 aliphatic heterocycles. The predicted molar refractivity (Wildman–Crippen MR) is 129 cm³/mol. The molecule has 0 unspecified atom stereocenters. The van der Waals surface area contributed by atoms with Crippen LogP contribution in [-0.4, -0.2) is 42.5 Å². The van der Waals surface area contributed by atoms with E-state index in [0.29, 0.717) is 18.0 Å². The summed E-state index contributed by atoms with van der Waals surface area (Å²) in [4.78, 5) is 27.9. The van der Waals surface area contributed by atoms with Crippen molar-refractivity contribution in [1.29, 1.82) is 0 Å². The maximum atomic E-state index is 13.3. The van der Waals surface area contributed by atoms with E-state index in [4.69, 9.17) is 9.47 Å². The first-order chi connectivity index (χ1) is 15.9. The number of carbonyl (C=O) groups excluding carboxylic acids is 2. The summed E-state index contributed by atoms with van der Waals surface area (Å²) in [5, 5.41) is 3.12. The summed E-state index contributed by atoms with van der Waals surface area (Å²) < 4.78 is 11.3. The second-order valence-electron chi connectivity index (χ2n) is 9.02. The zero-order valence-corrected chi connectivity index (χ0v) is 20.2. The molecule has 1 atom stereocenters. The average Bonchev–Trinajstić information content (AvgIpc) is 3.33. The highest BCUT2D eigenvalue weighted by molar-refractivity contribution is 5.88. The molecule has 3 rings (SSSR count). The molecule has 0 bridgehead atoms. The molecule has 1 fully saturated rings. The van der Waals surface area contributed by atoms with Crippen molar-refractivity contribution in [2.24, 2.45) is 0 Å². The van der Waals surface area contributed by atoms with Crippen LogP contribution < -0.4 is 14.8 Å². The van der Waals surface area contributed by atoms with Crippen molar-refractivity contribution in [2.75, 3.05) is 13.7 Å². The first kappa shape index (κ1) is 24.6. The average molecular weight is 453 g/mol. The van der Waals surface area contributed by atoms with Gasteiger partial charge in [0.25, 0.3) is 5.91 Å². The number of methoxy groups -OCH3 is 1. The maximum Gasteiger partial charge on any atom is 0.261 e. The van der Waals surface area contributed by atoms with Crippen LogP contribution in [0.4, 0.5) is 0 Å². The third-order valence-electron chi connectivity index (χ3n) is 6.25. The second kappa shape index (κ2) is 11.7. The van der Waals surface area contributed by atoms with Gasteiger partial charge in [0.2, 0.25) is 5.91 Å². The third-order valence-corrected chi connectivity index (χ3v) is 6.25. The molecule has 1 aliphatic carbocycles. The van der Waals surface area contributed by atoms with Crippen LogP contribution in [0.2, 0.25) is 0 Å². The van der Waals surface area contributed by atoms with E-state index in [1.807, 2.05) is 48.5 Å². The summed E-state index contributed by atoms with van der Waals surface area (Å²) >= 11 is 0. The van der Waals surface area contributed by atoms with Crippen molar-refractivity contribution >= 4 is 11.8 Å². The number of ether oxygens (including phenoxy) is 2. The minimum Gasteiger partial charge on any atom is -0.497 e. The molecule has 1 N–H and O–H groups in total. The Morgan fingerprint density at radius 1 is 1.06 bits per heavy atom. The fourth-order valence-electron chi connectivity index (χ4n) is 4.25. The summed E-state index contributed by atoms with van der Waals surface area (Å²) in [7, 11) is 1.61. The van der Waals surface area contributed by atoms with Crippen LogP contribution in [0.3, 0.4) is 0 Å². The summed E-state index contributed by atoms with van der Waals surface area (Å²) in [6.45, 7) is 6.13. The van der Waals surface area contributed by atoms with Crippen molar-refractivity contribution in [3.63, 3.8) is 0 Å². The van der Waals surface area contributed by atoms with Gasteiger partial charge in [-0.15, -0.1) is 0 Å². The summed E-state index contributed by atoms with van der Waals surface area (Å²) in [6, 6.07) is 14.9. The summed E-state index contributed by atoms with van der Waals surface area (Å²) in [5.74, 6) is 1.33. The Hall–Kier alpha value is -3.02. The third kappa shape index (κ3) is 6.73. The van der Waals surface area contributed by atoms with Gasteiger partial charge in [-0.25, -0.2) is 0 Å². The fourth-order valence-corrected chi connectivity index (χ4v) is 4.25. The molecule has 33 heavy (non-hydrogen) atoms. The fraction of sp³-hybridized carbons (Fsp3) is 0.481. The summed E-state index contributed by atoms with van der Waals surface area (Å²) in [5.41, 5.74) is 1.95. The molecule has 2 amide bonds. The van der Waals surface area contributed by atoms with Crippen LogP contribution in [0.15, 0.2) is 48.5 Å².